The van der Waals surface area contributed by atoms with Crippen LogP contribution < -0.4 is 5.32 Å². The first-order valence-electron chi connectivity index (χ1n) is 6.69. The van der Waals surface area contributed by atoms with Crippen molar-refractivity contribution < 1.29 is 0 Å². The molecule has 1 nitrogen and oxygen atoms in total. The molecule has 0 saturated heterocycles. The molecule has 0 aliphatic carbocycles. The number of halogens is 1. The highest BCUT2D eigenvalue weighted by molar-refractivity contribution is 9.10. The molecule has 0 fully saturated rings. The van der Waals surface area contributed by atoms with Crippen LogP contribution in [0.3, 0.4) is 0 Å². The highest BCUT2D eigenvalue weighted by Crippen LogP contribution is 2.17. The van der Waals surface area contributed by atoms with Crippen molar-refractivity contribution in [3.63, 3.8) is 0 Å². The number of nitrogens with one attached hydrogen (secondary N) is 1. The van der Waals surface area contributed by atoms with E-state index < -0.39 is 0 Å². The van der Waals surface area contributed by atoms with Gasteiger partial charge in [0.05, 0.1) is 0 Å². The molecule has 2 heteroatoms. The molecule has 0 radical (unpaired) electrons. The normalized spacial score (nSPS) is 12.4. The van der Waals surface area contributed by atoms with Crippen LogP contribution in [0.1, 0.15) is 29.7 Å². The monoisotopic (exact) mass is 317 g/mol. The zero-order valence-electron chi connectivity index (χ0n) is 11.5. The Morgan fingerprint density at radius 3 is 2.63 bits per heavy atom. The first-order valence-corrected chi connectivity index (χ1v) is 7.49. The Hall–Kier alpha value is -1.12. The van der Waals surface area contributed by atoms with E-state index in [-0.39, 0.29) is 0 Å². The summed E-state index contributed by atoms with van der Waals surface area (Å²) in [4.78, 5) is 0. The molecule has 0 aliphatic rings. The van der Waals surface area contributed by atoms with E-state index in [0.717, 1.165) is 17.4 Å². The lowest BCUT2D eigenvalue weighted by Crippen LogP contribution is -2.21. The van der Waals surface area contributed by atoms with Crippen molar-refractivity contribution in [1.82, 2.24) is 5.32 Å². The summed E-state index contributed by atoms with van der Waals surface area (Å²) >= 11 is 3.52. The Balaban J connectivity index is 1.85. The van der Waals surface area contributed by atoms with Gasteiger partial charge in [-0.15, -0.1) is 0 Å². The molecule has 1 N–H and O–H groups in total. The maximum absolute atomic E-state index is 3.57. The lowest BCUT2D eigenvalue weighted by Gasteiger charge is -2.14. The van der Waals surface area contributed by atoms with Crippen molar-refractivity contribution in [2.24, 2.45) is 0 Å². The predicted octanol–water partition coefficient (Wildman–Crippen LogP) is 4.65. The second kappa shape index (κ2) is 6.88. The molecule has 19 heavy (non-hydrogen) atoms. The van der Waals surface area contributed by atoms with E-state index >= 15 is 0 Å². The van der Waals surface area contributed by atoms with Gasteiger partial charge >= 0.3 is 0 Å². The van der Waals surface area contributed by atoms with Gasteiger partial charge in [0.25, 0.3) is 0 Å². The topological polar surface area (TPSA) is 12.0 Å². The van der Waals surface area contributed by atoms with Crippen molar-refractivity contribution in [2.45, 2.75) is 26.3 Å². The Bertz CT molecular complexity index is 536. The van der Waals surface area contributed by atoms with Crippen LogP contribution in [0.15, 0.2) is 53.0 Å². The number of hydrogen-bond acceptors (Lipinski definition) is 1. The molecule has 2 aromatic rings. The van der Waals surface area contributed by atoms with E-state index in [0.29, 0.717) is 6.04 Å². The lowest BCUT2D eigenvalue weighted by atomic mass is 10.1. The number of hydrogen-bond donors (Lipinski definition) is 1. The van der Waals surface area contributed by atoms with Crippen molar-refractivity contribution in [1.29, 1.82) is 0 Å². The van der Waals surface area contributed by atoms with Crippen molar-refractivity contribution in [2.75, 3.05) is 6.54 Å². The molecule has 1 atom stereocenters. The average molecular weight is 318 g/mol. The largest absolute Gasteiger partial charge is 0.310 e. The van der Waals surface area contributed by atoms with E-state index in [1.165, 1.54) is 16.7 Å². The van der Waals surface area contributed by atoms with Gasteiger partial charge in [0.15, 0.2) is 0 Å². The van der Waals surface area contributed by atoms with E-state index in [4.69, 9.17) is 0 Å². The third kappa shape index (κ3) is 4.48. The molecular formula is C17H20BrN. The van der Waals surface area contributed by atoms with Crippen molar-refractivity contribution in [3.05, 3.63) is 69.7 Å². The third-order valence-corrected chi connectivity index (χ3v) is 3.79. The van der Waals surface area contributed by atoms with Crippen LogP contribution in [0.5, 0.6) is 0 Å². The summed E-state index contributed by atoms with van der Waals surface area (Å²) in [7, 11) is 0. The van der Waals surface area contributed by atoms with Gasteiger partial charge in [0.2, 0.25) is 0 Å². The fourth-order valence-corrected chi connectivity index (χ4v) is 2.61. The summed E-state index contributed by atoms with van der Waals surface area (Å²) in [5.74, 6) is 0. The van der Waals surface area contributed by atoms with E-state index in [1.54, 1.807) is 0 Å². The Morgan fingerprint density at radius 2 is 1.89 bits per heavy atom. The Labute approximate surface area is 124 Å². The van der Waals surface area contributed by atoms with Gasteiger partial charge in [0, 0.05) is 10.5 Å². The minimum absolute atomic E-state index is 0.377. The smallest absolute Gasteiger partial charge is 0.0292 e. The maximum Gasteiger partial charge on any atom is 0.0292 e. The van der Waals surface area contributed by atoms with Crippen molar-refractivity contribution in [3.8, 4) is 0 Å². The van der Waals surface area contributed by atoms with Crippen LogP contribution in [0.2, 0.25) is 0 Å². The summed E-state index contributed by atoms with van der Waals surface area (Å²) in [5.41, 5.74) is 4.05. The minimum Gasteiger partial charge on any atom is -0.310 e. The molecule has 0 saturated carbocycles. The third-order valence-electron chi connectivity index (χ3n) is 3.30. The van der Waals surface area contributed by atoms with Gasteiger partial charge in [0.1, 0.15) is 0 Å². The lowest BCUT2D eigenvalue weighted by molar-refractivity contribution is 0.576. The average Bonchev–Trinajstić information content (AvgIpc) is 2.38. The van der Waals surface area contributed by atoms with Crippen LogP contribution in [0.4, 0.5) is 0 Å². The van der Waals surface area contributed by atoms with Gasteiger partial charge in [-0.1, -0.05) is 57.9 Å². The highest BCUT2D eigenvalue weighted by Gasteiger charge is 2.04. The first kappa shape index (κ1) is 14.3. The van der Waals surface area contributed by atoms with Crippen LogP contribution in [0, 0.1) is 6.92 Å². The fourth-order valence-electron chi connectivity index (χ4n) is 2.19. The molecule has 0 amide bonds. The van der Waals surface area contributed by atoms with E-state index in [2.05, 4.69) is 83.6 Å². The van der Waals surface area contributed by atoms with Crippen LogP contribution in [-0.2, 0) is 6.42 Å². The molecule has 100 valence electrons. The van der Waals surface area contributed by atoms with E-state index in [1.807, 2.05) is 0 Å². The van der Waals surface area contributed by atoms with Gasteiger partial charge in [-0.2, -0.15) is 0 Å². The molecule has 0 spiro atoms. The van der Waals surface area contributed by atoms with Crippen LogP contribution in [0.25, 0.3) is 0 Å². The molecule has 0 aliphatic heterocycles. The fraction of sp³-hybridized carbons (Fsp3) is 0.294. The Morgan fingerprint density at radius 1 is 1.11 bits per heavy atom. The number of rotatable bonds is 5. The summed E-state index contributed by atoms with van der Waals surface area (Å²) in [6, 6.07) is 17.6. The SMILES string of the molecule is Cc1cccc(CCNC(C)c2cccc(Br)c2)c1. The second-order valence-corrected chi connectivity index (χ2v) is 5.89. The van der Waals surface area contributed by atoms with Gasteiger partial charge in [-0.05, 0) is 50.1 Å². The Kier molecular flexibility index (Phi) is 5.17. The molecule has 1 unspecified atom stereocenters. The zero-order valence-corrected chi connectivity index (χ0v) is 13.1. The molecule has 0 aromatic heterocycles. The molecule has 2 rings (SSSR count). The van der Waals surface area contributed by atoms with E-state index in [9.17, 15) is 0 Å². The highest BCUT2D eigenvalue weighted by atomic mass is 79.9. The van der Waals surface area contributed by atoms with Gasteiger partial charge in [-0.25, -0.2) is 0 Å². The molecule has 0 bridgehead atoms. The second-order valence-electron chi connectivity index (χ2n) is 4.97. The summed E-state index contributed by atoms with van der Waals surface area (Å²) in [5, 5.41) is 3.57. The summed E-state index contributed by atoms with van der Waals surface area (Å²) in [6.45, 7) is 5.34. The minimum atomic E-state index is 0.377. The zero-order chi connectivity index (χ0) is 13.7. The predicted molar refractivity (Wildman–Crippen MR) is 85.4 cm³/mol. The number of benzene rings is 2. The molecule has 0 heterocycles. The van der Waals surface area contributed by atoms with Crippen LogP contribution >= 0.6 is 15.9 Å². The quantitative estimate of drug-likeness (QED) is 0.846. The van der Waals surface area contributed by atoms with Gasteiger partial charge < -0.3 is 5.32 Å². The summed E-state index contributed by atoms with van der Waals surface area (Å²) < 4.78 is 1.14. The summed E-state index contributed by atoms with van der Waals surface area (Å²) in [6.07, 6.45) is 1.07. The number of aryl methyl sites for hydroxylation is 1. The standard InChI is InChI=1S/C17H20BrN/c1-13-5-3-6-15(11-13)9-10-19-14(2)16-7-4-8-17(18)12-16/h3-8,11-12,14,19H,9-10H2,1-2H3. The first-order chi connectivity index (χ1) is 9.15. The maximum atomic E-state index is 3.57. The molecular weight excluding hydrogens is 298 g/mol. The van der Waals surface area contributed by atoms with Gasteiger partial charge in [-0.3, -0.25) is 0 Å². The van der Waals surface area contributed by atoms with Crippen LogP contribution in [-0.4, -0.2) is 6.54 Å². The van der Waals surface area contributed by atoms with Crippen molar-refractivity contribution >= 4 is 15.9 Å². The molecule has 2 aromatic carbocycles.